The predicted octanol–water partition coefficient (Wildman–Crippen LogP) is 1.99. The highest BCUT2D eigenvalue weighted by molar-refractivity contribution is 5.78. The Labute approximate surface area is 76.8 Å². The van der Waals surface area contributed by atoms with Crippen molar-refractivity contribution in [1.82, 2.24) is 0 Å². The molecule has 2 heteroatoms. The summed E-state index contributed by atoms with van der Waals surface area (Å²) >= 11 is 0. The average molecular weight is 174 g/mol. The average Bonchev–Trinajstić information content (AvgIpc) is 2.41. The molecule has 0 radical (unpaired) electrons. The van der Waals surface area contributed by atoms with Crippen molar-refractivity contribution in [3.8, 4) is 5.75 Å². The topological polar surface area (TPSA) is 26.3 Å². The molecular formula is C11H10O2. The maximum absolute atomic E-state index is 10.7. The zero-order valence-corrected chi connectivity index (χ0v) is 7.19. The zero-order chi connectivity index (χ0) is 9.10. The molecule has 0 aromatic heterocycles. The normalized spacial score (nSPS) is 14.2. The van der Waals surface area contributed by atoms with Crippen LogP contribution in [0.3, 0.4) is 0 Å². The number of allylic oxidation sites excluding steroid dienone is 1. The standard InChI is InChI=1S/C11H10O2/c12-8-9-4-3-6-11-10(9)5-1-2-7-13-11/h1-4,6,8H,5,7H2. The fourth-order valence-corrected chi connectivity index (χ4v) is 1.45. The number of benzene rings is 1. The van der Waals surface area contributed by atoms with Gasteiger partial charge in [0.2, 0.25) is 0 Å². The predicted molar refractivity (Wildman–Crippen MR) is 50.2 cm³/mol. The van der Waals surface area contributed by atoms with Gasteiger partial charge in [0, 0.05) is 11.1 Å². The third kappa shape index (κ3) is 1.47. The van der Waals surface area contributed by atoms with Gasteiger partial charge in [0.05, 0.1) is 0 Å². The van der Waals surface area contributed by atoms with Gasteiger partial charge in [-0.15, -0.1) is 0 Å². The number of ether oxygens (including phenoxy) is 1. The van der Waals surface area contributed by atoms with Crippen molar-refractivity contribution in [2.45, 2.75) is 6.42 Å². The van der Waals surface area contributed by atoms with E-state index in [-0.39, 0.29) is 0 Å². The molecule has 1 aromatic carbocycles. The Bertz CT molecular complexity index is 353. The first-order valence-corrected chi connectivity index (χ1v) is 4.26. The van der Waals surface area contributed by atoms with Gasteiger partial charge in [0.15, 0.2) is 0 Å². The van der Waals surface area contributed by atoms with Crippen LogP contribution in [-0.4, -0.2) is 12.9 Å². The summed E-state index contributed by atoms with van der Waals surface area (Å²) in [4.78, 5) is 10.7. The minimum Gasteiger partial charge on any atom is -0.489 e. The fraction of sp³-hybridized carbons (Fsp3) is 0.182. The van der Waals surface area contributed by atoms with Crippen LogP contribution in [0.2, 0.25) is 0 Å². The Kier molecular flexibility index (Phi) is 2.13. The highest BCUT2D eigenvalue weighted by atomic mass is 16.5. The van der Waals surface area contributed by atoms with Crippen molar-refractivity contribution < 1.29 is 9.53 Å². The molecule has 13 heavy (non-hydrogen) atoms. The van der Waals surface area contributed by atoms with Gasteiger partial charge in [-0.2, -0.15) is 0 Å². The Morgan fingerprint density at radius 1 is 1.31 bits per heavy atom. The van der Waals surface area contributed by atoms with Gasteiger partial charge in [-0.25, -0.2) is 0 Å². The van der Waals surface area contributed by atoms with Crippen molar-refractivity contribution in [2.75, 3.05) is 6.61 Å². The molecule has 0 fully saturated rings. The largest absolute Gasteiger partial charge is 0.489 e. The summed E-state index contributed by atoms with van der Waals surface area (Å²) in [6, 6.07) is 5.55. The van der Waals surface area contributed by atoms with E-state index in [1.165, 1.54) is 0 Å². The lowest BCUT2D eigenvalue weighted by Gasteiger charge is -2.07. The lowest BCUT2D eigenvalue weighted by molar-refractivity contribution is 0.112. The summed E-state index contributed by atoms with van der Waals surface area (Å²) in [5.41, 5.74) is 1.72. The van der Waals surface area contributed by atoms with E-state index in [0.29, 0.717) is 6.61 Å². The summed E-state index contributed by atoms with van der Waals surface area (Å²) in [5.74, 6) is 0.828. The van der Waals surface area contributed by atoms with Crippen molar-refractivity contribution in [3.05, 3.63) is 41.5 Å². The summed E-state index contributed by atoms with van der Waals surface area (Å²) in [7, 11) is 0. The van der Waals surface area contributed by atoms with Crippen LogP contribution in [0.1, 0.15) is 15.9 Å². The zero-order valence-electron chi connectivity index (χ0n) is 7.19. The lowest BCUT2D eigenvalue weighted by atomic mass is 10.0. The molecule has 1 aromatic rings. The first-order chi connectivity index (χ1) is 6.42. The van der Waals surface area contributed by atoms with Gasteiger partial charge in [0.1, 0.15) is 18.6 Å². The molecule has 1 aliphatic rings. The van der Waals surface area contributed by atoms with Crippen LogP contribution < -0.4 is 4.74 Å². The third-order valence-electron chi connectivity index (χ3n) is 2.12. The molecule has 0 atom stereocenters. The summed E-state index contributed by atoms with van der Waals surface area (Å²) in [6.45, 7) is 0.593. The molecule has 0 aliphatic carbocycles. The fourth-order valence-electron chi connectivity index (χ4n) is 1.45. The highest BCUT2D eigenvalue weighted by Crippen LogP contribution is 2.24. The van der Waals surface area contributed by atoms with Crippen LogP contribution >= 0.6 is 0 Å². The number of hydrogen-bond acceptors (Lipinski definition) is 2. The summed E-state index contributed by atoms with van der Waals surface area (Å²) < 4.78 is 5.45. The first kappa shape index (κ1) is 8.05. The second kappa shape index (κ2) is 3.44. The van der Waals surface area contributed by atoms with Crippen molar-refractivity contribution >= 4 is 6.29 Å². The third-order valence-corrected chi connectivity index (χ3v) is 2.12. The van der Waals surface area contributed by atoms with E-state index in [2.05, 4.69) is 0 Å². The van der Waals surface area contributed by atoms with Crippen LogP contribution in [-0.2, 0) is 6.42 Å². The maximum atomic E-state index is 10.7. The van der Waals surface area contributed by atoms with Crippen LogP contribution in [0, 0.1) is 0 Å². The van der Waals surface area contributed by atoms with E-state index in [0.717, 1.165) is 29.6 Å². The molecule has 0 N–H and O–H groups in total. The second-order valence-electron chi connectivity index (χ2n) is 2.93. The number of carbonyl (C=O) groups excluding carboxylic acids is 1. The Balaban J connectivity index is 2.51. The molecule has 0 amide bonds. The molecule has 0 spiro atoms. The lowest BCUT2D eigenvalue weighted by Crippen LogP contribution is -1.97. The quantitative estimate of drug-likeness (QED) is 0.480. The Hall–Kier alpha value is -1.57. The molecule has 0 saturated heterocycles. The number of fused-ring (bicyclic) bond motifs is 1. The van der Waals surface area contributed by atoms with E-state index < -0.39 is 0 Å². The van der Waals surface area contributed by atoms with Crippen LogP contribution in [0.4, 0.5) is 0 Å². The number of hydrogen-bond donors (Lipinski definition) is 0. The number of aldehydes is 1. The van der Waals surface area contributed by atoms with Gasteiger partial charge in [0.25, 0.3) is 0 Å². The Morgan fingerprint density at radius 2 is 2.23 bits per heavy atom. The minimum atomic E-state index is 0.593. The van der Waals surface area contributed by atoms with Gasteiger partial charge < -0.3 is 4.74 Å². The molecule has 0 unspecified atom stereocenters. The van der Waals surface area contributed by atoms with Crippen LogP contribution in [0.5, 0.6) is 5.75 Å². The van der Waals surface area contributed by atoms with Crippen LogP contribution in [0.25, 0.3) is 0 Å². The van der Waals surface area contributed by atoms with E-state index in [4.69, 9.17) is 4.74 Å². The molecule has 1 aliphatic heterocycles. The molecule has 66 valence electrons. The van der Waals surface area contributed by atoms with Crippen LogP contribution in [0.15, 0.2) is 30.4 Å². The molecular weight excluding hydrogens is 164 g/mol. The summed E-state index contributed by atoms with van der Waals surface area (Å²) in [6.07, 6.45) is 5.65. The van der Waals surface area contributed by atoms with Crippen molar-refractivity contribution in [1.29, 1.82) is 0 Å². The molecule has 2 nitrogen and oxygen atoms in total. The smallest absolute Gasteiger partial charge is 0.150 e. The number of carbonyl (C=O) groups is 1. The highest BCUT2D eigenvalue weighted by Gasteiger charge is 2.08. The van der Waals surface area contributed by atoms with Crippen molar-refractivity contribution in [2.24, 2.45) is 0 Å². The van der Waals surface area contributed by atoms with Gasteiger partial charge >= 0.3 is 0 Å². The molecule has 2 rings (SSSR count). The molecule has 1 heterocycles. The number of rotatable bonds is 1. The monoisotopic (exact) mass is 174 g/mol. The van der Waals surface area contributed by atoms with Crippen molar-refractivity contribution in [3.63, 3.8) is 0 Å². The Morgan fingerprint density at radius 3 is 3.08 bits per heavy atom. The van der Waals surface area contributed by atoms with E-state index >= 15 is 0 Å². The second-order valence-corrected chi connectivity index (χ2v) is 2.93. The molecule has 0 bridgehead atoms. The SMILES string of the molecule is O=Cc1cccc2c1CC=CCO2. The van der Waals surface area contributed by atoms with E-state index in [9.17, 15) is 4.79 Å². The molecule has 0 saturated carbocycles. The maximum Gasteiger partial charge on any atom is 0.150 e. The minimum absolute atomic E-state index is 0.593. The first-order valence-electron chi connectivity index (χ1n) is 4.26. The van der Waals surface area contributed by atoms with E-state index in [1.54, 1.807) is 0 Å². The van der Waals surface area contributed by atoms with Gasteiger partial charge in [-0.3, -0.25) is 4.79 Å². The van der Waals surface area contributed by atoms with Gasteiger partial charge in [-0.05, 0) is 12.5 Å². The van der Waals surface area contributed by atoms with Gasteiger partial charge in [-0.1, -0.05) is 24.3 Å². The summed E-state index contributed by atoms with van der Waals surface area (Å²) in [5, 5.41) is 0. The van der Waals surface area contributed by atoms with E-state index in [1.807, 2.05) is 30.4 Å².